The monoisotopic (exact) mass is 334 g/mol. The average molecular weight is 334 g/mol. The molecule has 6 heteroatoms. The van der Waals surface area contributed by atoms with E-state index in [1.54, 1.807) is 14.2 Å². The zero-order valence-electron chi connectivity index (χ0n) is 14.0. The molecule has 4 rings (SSSR count). The van der Waals surface area contributed by atoms with Gasteiger partial charge in [-0.15, -0.1) is 0 Å². The van der Waals surface area contributed by atoms with Gasteiger partial charge in [0, 0.05) is 29.9 Å². The van der Waals surface area contributed by atoms with E-state index >= 15 is 0 Å². The van der Waals surface area contributed by atoms with Gasteiger partial charge in [0.05, 0.1) is 33.9 Å². The minimum absolute atomic E-state index is 0.173. The molecule has 3 aliphatic rings. The van der Waals surface area contributed by atoms with E-state index in [2.05, 4.69) is 0 Å². The number of ether oxygens (including phenoxy) is 5. The number of carbonyl (C=O) groups excluding carboxylic acids is 1. The summed E-state index contributed by atoms with van der Waals surface area (Å²) >= 11 is 0. The molecule has 2 heterocycles. The van der Waals surface area contributed by atoms with Crippen molar-refractivity contribution in [1.82, 2.24) is 0 Å². The minimum Gasteiger partial charge on any atom is -0.497 e. The Morgan fingerprint density at radius 3 is 2.62 bits per heavy atom. The molecule has 3 fully saturated rings. The lowest BCUT2D eigenvalue weighted by molar-refractivity contribution is -0.205. The Balaban J connectivity index is 1.73. The first-order valence-electron chi connectivity index (χ1n) is 8.31. The molecule has 0 amide bonds. The van der Waals surface area contributed by atoms with Gasteiger partial charge in [0.15, 0.2) is 5.79 Å². The molecule has 1 aliphatic carbocycles. The second kappa shape index (κ2) is 5.63. The van der Waals surface area contributed by atoms with Gasteiger partial charge >= 0.3 is 5.97 Å². The Morgan fingerprint density at radius 2 is 1.92 bits per heavy atom. The maximum atomic E-state index is 12.1. The lowest BCUT2D eigenvalue weighted by Gasteiger charge is -2.44. The maximum Gasteiger partial charge on any atom is 0.307 e. The Hall–Kier alpha value is -1.79. The van der Waals surface area contributed by atoms with Crippen LogP contribution in [0, 0.1) is 0 Å². The third kappa shape index (κ3) is 2.28. The van der Waals surface area contributed by atoms with Crippen LogP contribution >= 0.6 is 0 Å². The fourth-order valence-corrected chi connectivity index (χ4v) is 4.34. The van der Waals surface area contributed by atoms with Crippen LogP contribution in [0.1, 0.15) is 31.2 Å². The molecule has 0 aromatic heterocycles. The van der Waals surface area contributed by atoms with E-state index in [-0.39, 0.29) is 12.1 Å². The second-order valence-electron chi connectivity index (χ2n) is 6.69. The van der Waals surface area contributed by atoms with Crippen LogP contribution in [0.4, 0.5) is 0 Å². The van der Waals surface area contributed by atoms with Crippen molar-refractivity contribution in [3.8, 4) is 11.5 Å². The summed E-state index contributed by atoms with van der Waals surface area (Å²) in [4.78, 5) is 12.1. The van der Waals surface area contributed by atoms with Crippen LogP contribution in [0.2, 0.25) is 0 Å². The summed E-state index contributed by atoms with van der Waals surface area (Å²) in [7, 11) is 3.26. The van der Waals surface area contributed by atoms with Gasteiger partial charge in [-0.3, -0.25) is 4.79 Å². The van der Waals surface area contributed by atoms with E-state index in [1.165, 1.54) is 0 Å². The van der Waals surface area contributed by atoms with Gasteiger partial charge in [-0.1, -0.05) is 6.07 Å². The summed E-state index contributed by atoms with van der Waals surface area (Å²) in [5, 5.41) is 0. The maximum absolute atomic E-state index is 12.1. The van der Waals surface area contributed by atoms with E-state index in [0.717, 1.165) is 29.9 Å². The highest BCUT2D eigenvalue weighted by molar-refractivity contribution is 5.75. The molecular formula is C18H22O6. The first-order valence-corrected chi connectivity index (χ1v) is 8.31. The van der Waals surface area contributed by atoms with Crippen LogP contribution in [0.5, 0.6) is 11.5 Å². The van der Waals surface area contributed by atoms with Crippen LogP contribution in [-0.2, 0) is 24.4 Å². The average Bonchev–Trinajstić information content (AvgIpc) is 3.18. The van der Waals surface area contributed by atoms with Crippen LogP contribution in [0.15, 0.2) is 18.2 Å². The van der Waals surface area contributed by atoms with Gasteiger partial charge in [-0.2, -0.15) is 0 Å². The highest BCUT2D eigenvalue weighted by Crippen LogP contribution is 2.54. The number of esters is 1. The van der Waals surface area contributed by atoms with Crippen molar-refractivity contribution in [2.24, 2.45) is 0 Å². The first-order chi connectivity index (χ1) is 11.6. The van der Waals surface area contributed by atoms with Gasteiger partial charge in [0.2, 0.25) is 0 Å². The Bertz CT molecular complexity index is 651. The number of rotatable bonds is 3. The molecule has 1 aromatic carbocycles. The number of fused-ring (bicyclic) bond motifs is 1. The lowest BCUT2D eigenvalue weighted by atomic mass is 9.65. The van der Waals surface area contributed by atoms with Crippen LogP contribution in [0.25, 0.3) is 0 Å². The topological polar surface area (TPSA) is 63.2 Å². The highest BCUT2D eigenvalue weighted by Gasteiger charge is 2.59. The van der Waals surface area contributed by atoms with Gasteiger partial charge in [0.1, 0.15) is 17.6 Å². The van der Waals surface area contributed by atoms with Crippen molar-refractivity contribution in [2.45, 2.75) is 43.0 Å². The summed E-state index contributed by atoms with van der Waals surface area (Å²) in [6, 6.07) is 5.75. The van der Waals surface area contributed by atoms with Crippen LogP contribution < -0.4 is 9.47 Å². The predicted molar refractivity (Wildman–Crippen MR) is 84.2 cm³/mol. The zero-order chi connectivity index (χ0) is 16.8. The van der Waals surface area contributed by atoms with E-state index in [4.69, 9.17) is 23.7 Å². The third-order valence-corrected chi connectivity index (χ3v) is 5.56. The summed E-state index contributed by atoms with van der Waals surface area (Å²) in [6.45, 7) is 1.19. The van der Waals surface area contributed by atoms with E-state index in [0.29, 0.717) is 26.1 Å². The summed E-state index contributed by atoms with van der Waals surface area (Å²) in [5.74, 6) is 0.677. The van der Waals surface area contributed by atoms with Crippen molar-refractivity contribution in [2.75, 3.05) is 27.4 Å². The Kier molecular flexibility index (Phi) is 3.69. The van der Waals surface area contributed by atoms with Gasteiger partial charge in [-0.05, 0) is 12.5 Å². The molecule has 0 radical (unpaired) electrons. The number of carbonyl (C=O) groups is 1. The Morgan fingerprint density at radius 1 is 1.12 bits per heavy atom. The van der Waals surface area contributed by atoms with Crippen LogP contribution in [-0.4, -0.2) is 45.3 Å². The molecule has 2 saturated heterocycles. The van der Waals surface area contributed by atoms with E-state index in [9.17, 15) is 4.79 Å². The highest BCUT2D eigenvalue weighted by atomic mass is 16.7. The Labute approximate surface area is 141 Å². The van der Waals surface area contributed by atoms with Crippen molar-refractivity contribution in [3.05, 3.63) is 23.8 Å². The third-order valence-electron chi connectivity index (χ3n) is 5.56. The zero-order valence-corrected chi connectivity index (χ0v) is 14.0. The molecule has 1 saturated carbocycles. The summed E-state index contributed by atoms with van der Waals surface area (Å²) in [6.07, 6.45) is 2.16. The molecule has 24 heavy (non-hydrogen) atoms. The molecule has 0 bridgehead atoms. The molecule has 2 atom stereocenters. The predicted octanol–water partition coefficient (Wildman–Crippen LogP) is 2.18. The number of hydrogen-bond donors (Lipinski definition) is 0. The number of benzene rings is 1. The minimum atomic E-state index is -0.599. The molecule has 1 aromatic rings. The van der Waals surface area contributed by atoms with Crippen molar-refractivity contribution in [1.29, 1.82) is 0 Å². The fourth-order valence-electron chi connectivity index (χ4n) is 4.34. The molecule has 2 aliphatic heterocycles. The number of hydrogen-bond acceptors (Lipinski definition) is 6. The largest absolute Gasteiger partial charge is 0.497 e. The van der Waals surface area contributed by atoms with Crippen LogP contribution in [0.3, 0.4) is 0 Å². The van der Waals surface area contributed by atoms with Gasteiger partial charge < -0.3 is 23.7 Å². The smallest absolute Gasteiger partial charge is 0.307 e. The molecule has 6 nitrogen and oxygen atoms in total. The number of methoxy groups -OCH3 is 2. The molecule has 0 N–H and O–H groups in total. The summed E-state index contributed by atoms with van der Waals surface area (Å²) < 4.78 is 28.2. The fraction of sp³-hybridized carbons (Fsp3) is 0.611. The second-order valence-corrected chi connectivity index (χ2v) is 6.69. The van der Waals surface area contributed by atoms with Crippen molar-refractivity contribution in [3.63, 3.8) is 0 Å². The quantitative estimate of drug-likeness (QED) is 0.790. The van der Waals surface area contributed by atoms with E-state index in [1.807, 2.05) is 18.2 Å². The van der Waals surface area contributed by atoms with E-state index < -0.39 is 11.2 Å². The molecule has 0 unspecified atom stereocenters. The molecule has 1 spiro atoms. The van der Waals surface area contributed by atoms with Crippen molar-refractivity contribution < 1.29 is 28.5 Å². The molecule has 130 valence electrons. The first kappa shape index (κ1) is 15.7. The molecular weight excluding hydrogens is 312 g/mol. The normalized spacial score (nSPS) is 30.9. The summed E-state index contributed by atoms with van der Waals surface area (Å²) in [5.41, 5.74) is 0.601. The van der Waals surface area contributed by atoms with Gasteiger partial charge in [-0.25, -0.2) is 0 Å². The standard InChI is InChI=1S/C18H22O6/c1-20-12-3-4-13(14(9-12)21-2)17-5-6-18(22-7-8-23-18)10-15(17)24-16(19)11-17/h3-4,9,15H,5-8,10-11H2,1-2H3/t15-,17-/m0/s1. The SMILES string of the molecule is COc1ccc([C@@]23CCC4(C[C@@H]2OC(=O)C3)OCCO4)c(OC)c1. The lowest BCUT2D eigenvalue weighted by Crippen LogP contribution is -2.49. The van der Waals surface area contributed by atoms with Gasteiger partial charge in [0.25, 0.3) is 0 Å². The van der Waals surface area contributed by atoms with Crippen molar-refractivity contribution >= 4 is 5.97 Å².